The van der Waals surface area contributed by atoms with Gasteiger partial charge < -0.3 is 10.1 Å². The quantitative estimate of drug-likeness (QED) is 0.604. The number of alkyl halides is 3. The van der Waals surface area contributed by atoms with E-state index in [0.29, 0.717) is 6.07 Å². The van der Waals surface area contributed by atoms with E-state index in [1.54, 1.807) is 0 Å². The van der Waals surface area contributed by atoms with Gasteiger partial charge in [0.05, 0.1) is 5.75 Å². The molecule has 0 radical (unpaired) electrons. The summed E-state index contributed by atoms with van der Waals surface area (Å²) in [6.07, 6.45) is -4.84. The Morgan fingerprint density at radius 2 is 1.84 bits per heavy atom. The van der Waals surface area contributed by atoms with Crippen LogP contribution in [0.25, 0.3) is 0 Å². The van der Waals surface area contributed by atoms with Gasteiger partial charge in [-0.15, -0.1) is 24.9 Å². The maximum Gasteiger partial charge on any atom is 0.573 e. The summed E-state index contributed by atoms with van der Waals surface area (Å²) in [5.41, 5.74) is 0.145. The molecule has 0 unspecified atom stereocenters. The fourth-order valence-corrected chi connectivity index (χ4v) is 2.60. The summed E-state index contributed by atoms with van der Waals surface area (Å²) in [5.74, 6) is -2.62. The molecule has 1 amide bonds. The molecule has 0 aliphatic carbocycles. The third-order valence-corrected chi connectivity index (χ3v) is 3.98. The van der Waals surface area contributed by atoms with E-state index in [-0.39, 0.29) is 22.8 Å². The molecule has 0 bridgehead atoms. The van der Waals surface area contributed by atoms with E-state index in [1.165, 1.54) is 24.3 Å². The zero-order chi connectivity index (χ0) is 18.4. The van der Waals surface area contributed by atoms with Crippen LogP contribution in [0.15, 0.2) is 47.4 Å². The van der Waals surface area contributed by atoms with Gasteiger partial charge >= 0.3 is 6.36 Å². The maximum absolute atomic E-state index is 13.4. The first-order chi connectivity index (χ1) is 11.7. The molecular weight excluding hydrogens is 365 g/mol. The first kappa shape index (κ1) is 19.0. The highest BCUT2D eigenvalue weighted by Gasteiger charge is 2.31. The number of carbonyl (C=O) groups excluding carboxylic acids is 1. The molecule has 3 nitrogen and oxygen atoms in total. The second-order valence-electron chi connectivity index (χ2n) is 4.80. The van der Waals surface area contributed by atoms with Gasteiger partial charge in [0.2, 0.25) is 5.91 Å². The van der Waals surface area contributed by atoms with Crippen molar-refractivity contribution in [3.63, 3.8) is 0 Å². The number of carbonyl (C=O) groups is 1. The Kier molecular flexibility index (Phi) is 6.24. The zero-order valence-corrected chi connectivity index (χ0v) is 13.4. The van der Waals surface area contributed by atoms with Crippen LogP contribution in [0, 0.1) is 11.6 Å². The van der Waals surface area contributed by atoms with Gasteiger partial charge in [-0.2, -0.15) is 0 Å². The Morgan fingerprint density at radius 1 is 1.12 bits per heavy atom. The first-order valence-electron chi connectivity index (χ1n) is 6.93. The predicted octanol–water partition coefficient (Wildman–Crippen LogP) is 4.27. The second kappa shape index (κ2) is 8.19. The van der Waals surface area contributed by atoms with Crippen molar-refractivity contribution in [3.05, 3.63) is 59.7 Å². The number of hydrogen-bond acceptors (Lipinski definition) is 3. The summed E-state index contributed by atoms with van der Waals surface area (Å²) in [7, 11) is 0. The summed E-state index contributed by atoms with van der Waals surface area (Å²) in [4.78, 5) is 11.9. The van der Waals surface area contributed by atoms with Gasteiger partial charge in [0.25, 0.3) is 0 Å². The van der Waals surface area contributed by atoms with Crippen LogP contribution in [-0.2, 0) is 11.3 Å². The average molecular weight is 377 g/mol. The molecule has 0 spiro atoms. The van der Waals surface area contributed by atoms with Gasteiger partial charge in [0, 0.05) is 23.1 Å². The fourth-order valence-electron chi connectivity index (χ4n) is 1.85. The SMILES string of the molecule is O=C(CSc1ccc(F)cc1F)NCc1ccccc1OC(F)(F)F. The Balaban J connectivity index is 1.90. The highest BCUT2D eigenvalue weighted by Crippen LogP contribution is 2.26. The molecule has 0 atom stereocenters. The number of rotatable bonds is 6. The molecule has 2 rings (SSSR count). The monoisotopic (exact) mass is 377 g/mol. The summed E-state index contributed by atoms with van der Waals surface area (Å²) >= 11 is 0.848. The lowest BCUT2D eigenvalue weighted by molar-refractivity contribution is -0.274. The van der Waals surface area contributed by atoms with Crippen molar-refractivity contribution in [2.45, 2.75) is 17.8 Å². The largest absolute Gasteiger partial charge is 0.573 e. The number of amides is 1. The minimum absolute atomic E-state index is 0.0948. The first-order valence-corrected chi connectivity index (χ1v) is 7.91. The van der Waals surface area contributed by atoms with E-state index in [1.807, 2.05) is 0 Å². The molecule has 0 fully saturated rings. The Labute approximate surface area is 144 Å². The molecule has 0 aliphatic heterocycles. The average Bonchev–Trinajstić information content (AvgIpc) is 2.52. The summed E-state index contributed by atoms with van der Waals surface area (Å²) < 4.78 is 67.1. The van der Waals surface area contributed by atoms with Gasteiger partial charge in [-0.25, -0.2) is 8.78 Å². The minimum Gasteiger partial charge on any atom is -0.405 e. The van der Waals surface area contributed by atoms with Crippen LogP contribution in [0.3, 0.4) is 0 Å². The van der Waals surface area contributed by atoms with Crippen molar-refractivity contribution in [2.75, 3.05) is 5.75 Å². The number of halogens is 5. The van der Waals surface area contributed by atoms with Gasteiger partial charge in [-0.05, 0) is 18.2 Å². The lowest BCUT2D eigenvalue weighted by Crippen LogP contribution is -2.25. The molecule has 0 aliphatic rings. The molecule has 0 saturated carbocycles. The van der Waals surface area contributed by atoms with Gasteiger partial charge in [-0.1, -0.05) is 18.2 Å². The molecule has 2 aromatic carbocycles. The van der Waals surface area contributed by atoms with E-state index in [0.717, 1.165) is 23.9 Å². The third kappa shape index (κ3) is 6.26. The molecule has 0 aromatic heterocycles. The van der Waals surface area contributed by atoms with Gasteiger partial charge in [-0.3, -0.25) is 4.79 Å². The zero-order valence-electron chi connectivity index (χ0n) is 12.6. The summed E-state index contributed by atoms with van der Waals surface area (Å²) in [6, 6.07) is 8.37. The molecule has 134 valence electrons. The molecule has 9 heteroatoms. The van der Waals surface area contributed by atoms with Crippen LogP contribution < -0.4 is 10.1 Å². The van der Waals surface area contributed by atoms with E-state index >= 15 is 0 Å². The predicted molar refractivity (Wildman–Crippen MR) is 82.1 cm³/mol. The molecular formula is C16H12F5NO2S. The number of thioether (sulfide) groups is 1. The maximum atomic E-state index is 13.4. The van der Waals surface area contributed by atoms with E-state index in [4.69, 9.17) is 0 Å². The van der Waals surface area contributed by atoms with Crippen LogP contribution >= 0.6 is 11.8 Å². The van der Waals surface area contributed by atoms with Crippen LogP contribution in [0.1, 0.15) is 5.56 Å². The molecule has 0 saturated heterocycles. The highest BCUT2D eigenvalue weighted by atomic mass is 32.2. The van der Waals surface area contributed by atoms with E-state index in [2.05, 4.69) is 10.1 Å². The number of ether oxygens (including phenoxy) is 1. The Morgan fingerprint density at radius 3 is 2.52 bits per heavy atom. The lowest BCUT2D eigenvalue weighted by atomic mass is 10.2. The van der Waals surface area contributed by atoms with Crippen LogP contribution in [0.5, 0.6) is 5.75 Å². The molecule has 1 N–H and O–H groups in total. The number of benzene rings is 2. The summed E-state index contributed by atoms with van der Waals surface area (Å²) in [6.45, 7) is -0.183. The normalized spacial score (nSPS) is 11.2. The van der Waals surface area contributed by atoms with Crippen molar-refractivity contribution < 1.29 is 31.5 Å². The second-order valence-corrected chi connectivity index (χ2v) is 5.81. The topological polar surface area (TPSA) is 38.3 Å². The molecule has 25 heavy (non-hydrogen) atoms. The van der Waals surface area contributed by atoms with Crippen LogP contribution in [-0.4, -0.2) is 18.0 Å². The standard InChI is InChI=1S/C16H12F5NO2S/c17-11-5-6-14(12(18)7-11)25-9-15(23)22-8-10-3-1-2-4-13(10)24-16(19,20)21/h1-7H,8-9H2,(H,22,23). The Hall–Kier alpha value is -2.29. The number of hydrogen-bond donors (Lipinski definition) is 1. The van der Waals surface area contributed by atoms with Crippen molar-refractivity contribution >= 4 is 17.7 Å². The smallest absolute Gasteiger partial charge is 0.405 e. The lowest BCUT2D eigenvalue weighted by Gasteiger charge is -2.13. The third-order valence-electron chi connectivity index (χ3n) is 2.93. The van der Waals surface area contributed by atoms with Crippen molar-refractivity contribution in [2.24, 2.45) is 0 Å². The minimum atomic E-state index is -4.84. The highest BCUT2D eigenvalue weighted by molar-refractivity contribution is 8.00. The fraction of sp³-hybridized carbons (Fsp3) is 0.188. The molecule has 2 aromatic rings. The Bertz CT molecular complexity index is 752. The van der Waals surface area contributed by atoms with E-state index in [9.17, 15) is 26.7 Å². The van der Waals surface area contributed by atoms with Crippen molar-refractivity contribution in [1.82, 2.24) is 5.32 Å². The molecule has 0 heterocycles. The summed E-state index contributed by atoms with van der Waals surface area (Å²) in [5, 5.41) is 2.42. The van der Waals surface area contributed by atoms with E-state index < -0.39 is 29.7 Å². The number of para-hydroxylation sites is 1. The van der Waals surface area contributed by atoms with Gasteiger partial charge in [0.15, 0.2) is 0 Å². The number of nitrogens with one attached hydrogen (secondary N) is 1. The van der Waals surface area contributed by atoms with Crippen LogP contribution in [0.4, 0.5) is 22.0 Å². The van der Waals surface area contributed by atoms with Crippen LogP contribution in [0.2, 0.25) is 0 Å². The van der Waals surface area contributed by atoms with Gasteiger partial charge in [0.1, 0.15) is 17.4 Å². The van der Waals surface area contributed by atoms with Crippen molar-refractivity contribution in [3.8, 4) is 5.75 Å². The van der Waals surface area contributed by atoms with Crippen molar-refractivity contribution in [1.29, 1.82) is 0 Å².